The molecule has 3 nitrogen and oxygen atoms in total. The summed E-state index contributed by atoms with van der Waals surface area (Å²) < 4.78 is 5.69. The molecule has 1 N–H and O–H groups in total. The minimum Gasteiger partial charge on any atom is -0.493 e. The van der Waals surface area contributed by atoms with Gasteiger partial charge in [-0.1, -0.05) is 26.0 Å². The van der Waals surface area contributed by atoms with Gasteiger partial charge in [-0.25, -0.2) is 0 Å². The lowest BCUT2D eigenvalue weighted by atomic mass is 10.0. The lowest BCUT2D eigenvalue weighted by Gasteiger charge is -2.23. The number of hydrogen-bond acceptors (Lipinski definition) is 3. The van der Waals surface area contributed by atoms with E-state index < -0.39 is 5.54 Å². The van der Waals surface area contributed by atoms with Gasteiger partial charge >= 0.3 is 0 Å². The monoisotopic (exact) mass is 260 g/mol. The Labute approximate surface area is 116 Å². The van der Waals surface area contributed by atoms with Crippen LogP contribution in [0.4, 0.5) is 0 Å². The van der Waals surface area contributed by atoms with Gasteiger partial charge in [0.15, 0.2) is 0 Å². The minimum atomic E-state index is -0.501. The topological polar surface area (TPSA) is 45.0 Å². The third-order valence-corrected chi connectivity index (χ3v) is 3.21. The zero-order chi connectivity index (χ0) is 14.1. The van der Waals surface area contributed by atoms with Crippen LogP contribution in [0.15, 0.2) is 24.3 Å². The van der Waals surface area contributed by atoms with Gasteiger partial charge in [0.1, 0.15) is 11.3 Å². The van der Waals surface area contributed by atoms with E-state index >= 15 is 0 Å². The highest BCUT2D eigenvalue weighted by atomic mass is 16.5. The van der Waals surface area contributed by atoms with Crippen LogP contribution >= 0.6 is 0 Å². The van der Waals surface area contributed by atoms with Gasteiger partial charge in [-0.15, -0.1) is 0 Å². The summed E-state index contributed by atoms with van der Waals surface area (Å²) in [6, 6.07) is 10.5. The van der Waals surface area contributed by atoms with Crippen molar-refractivity contribution in [2.45, 2.75) is 45.6 Å². The third-order valence-electron chi connectivity index (χ3n) is 3.21. The largest absolute Gasteiger partial charge is 0.493 e. The highest BCUT2D eigenvalue weighted by molar-refractivity contribution is 5.27. The predicted molar refractivity (Wildman–Crippen MR) is 78.2 cm³/mol. The first kappa shape index (κ1) is 15.5. The molecule has 0 aromatic heterocycles. The summed E-state index contributed by atoms with van der Waals surface area (Å²) in [5.74, 6) is 0.869. The molecule has 0 aliphatic carbocycles. The molecule has 0 fully saturated rings. The second kappa shape index (κ2) is 7.81. The minimum absolute atomic E-state index is 0.501. The van der Waals surface area contributed by atoms with Crippen LogP contribution in [0.25, 0.3) is 0 Å². The van der Waals surface area contributed by atoms with Crippen molar-refractivity contribution in [2.24, 2.45) is 0 Å². The van der Waals surface area contributed by atoms with Crippen molar-refractivity contribution in [2.75, 3.05) is 13.2 Å². The summed E-state index contributed by atoms with van der Waals surface area (Å²) >= 11 is 0. The predicted octanol–water partition coefficient (Wildman–Crippen LogP) is 3.30. The molecule has 1 rings (SSSR count). The number of nitrogens with one attached hydrogen (secondary N) is 1. The Kier molecular flexibility index (Phi) is 6.38. The van der Waals surface area contributed by atoms with Gasteiger partial charge < -0.3 is 4.74 Å². The van der Waals surface area contributed by atoms with Crippen molar-refractivity contribution in [1.29, 1.82) is 5.26 Å². The number of ether oxygens (including phenoxy) is 1. The lowest BCUT2D eigenvalue weighted by Crippen LogP contribution is -2.42. The van der Waals surface area contributed by atoms with Crippen molar-refractivity contribution in [3.05, 3.63) is 29.8 Å². The van der Waals surface area contributed by atoms with E-state index in [2.05, 4.69) is 37.4 Å². The first-order valence-electron chi connectivity index (χ1n) is 7.01. The average molecular weight is 260 g/mol. The molecule has 19 heavy (non-hydrogen) atoms. The molecule has 0 saturated carbocycles. The van der Waals surface area contributed by atoms with Crippen LogP contribution in [0.2, 0.25) is 0 Å². The van der Waals surface area contributed by atoms with Crippen molar-refractivity contribution in [3.63, 3.8) is 0 Å². The van der Waals surface area contributed by atoms with Gasteiger partial charge in [0.25, 0.3) is 0 Å². The molecule has 0 bridgehead atoms. The molecule has 0 aliphatic heterocycles. The standard InChI is InChI=1S/C16H24N2O/c1-4-11-18-16(3,13-17)10-12-19-15-8-6-14(5-2)7-9-15/h6-9,18H,4-5,10-12H2,1-3H3. The van der Waals surface area contributed by atoms with E-state index in [1.165, 1.54) is 5.56 Å². The van der Waals surface area contributed by atoms with Gasteiger partial charge in [-0.2, -0.15) is 5.26 Å². The van der Waals surface area contributed by atoms with Crippen LogP contribution < -0.4 is 10.1 Å². The molecule has 0 aliphatic rings. The van der Waals surface area contributed by atoms with Crippen LogP contribution in [0.3, 0.4) is 0 Å². The summed E-state index contributed by atoms with van der Waals surface area (Å²) in [4.78, 5) is 0. The normalized spacial score (nSPS) is 13.6. The van der Waals surface area contributed by atoms with E-state index in [0.29, 0.717) is 13.0 Å². The van der Waals surface area contributed by atoms with Crippen molar-refractivity contribution >= 4 is 0 Å². The van der Waals surface area contributed by atoms with Crippen LogP contribution in [-0.2, 0) is 6.42 Å². The molecule has 3 heteroatoms. The SMILES string of the molecule is CCCNC(C)(C#N)CCOc1ccc(CC)cc1. The van der Waals surface area contributed by atoms with Crippen LogP contribution in [0.1, 0.15) is 39.2 Å². The zero-order valence-corrected chi connectivity index (χ0v) is 12.2. The third kappa shape index (κ3) is 5.32. The number of rotatable bonds is 8. The van der Waals surface area contributed by atoms with Crippen LogP contribution in [0, 0.1) is 11.3 Å². The maximum atomic E-state index is 9.21. The highest BCUT2D eigenvalue weighted by Gasteiger charge is 2.22. The highest BCUT2D eigenvalue weighted by Crippen LogP contribution is 2.15. The summed E-state index contributed by atoms with van der Waals surface area (Å²) in [6.07, 6.45) is 2.74. The van der Waals surface area contributed by atoms with Gasteiger partial charge in [0.2, 0.25) is 0 Å². The fourth-order valence-corrected chi connectivity index (χ4v) is 1.78. The second-order valence-corrected chi connectivity index (χ2v) is 4.97. The zero-order valence-electron chi connectivity index (χ0n) is 12.2. The second-order valence-electron chi connectivity index (χ2n) is 4.97. The Balaban J connectivity index is 2.41. The quantitative estimate of drug-likeness (QED) is 0.780. The molecular weight excluding hydrogens is 236 g/mol. The van der Waals surface area contributed by atoms with Crippen molar-refractivity contribution in [3.8, 4) is 11.8 Å². The lowest BCUT2D eigenvalue weighted by molar-refractivity contribution is 0.267. The Hall–Kier alpha value is -1.53. The Morgan fingerprint density at radius 2 is 1.95 bits per heavy atom. The van der Waals surface area contributed by atoms with E-state index in [1.54, 1.807) is 0 Å². The summed E-state index contributed by atoms with van der Waals surface area (Å²) in [7, 11) is 0. The molecule has 0 radical (unpaired) electrons. The first-order valence-corrected chi connectivity index (χ1v) is 7.01. The van der Waals surface area contributed by atoms with Gasteiger partial charge in [-0.3, -0.25) is 5.32 Å². The molecule has 1 unspecified atom stereocenters. The average Bonchev–Trinajstić information content (AvgIpc) is 2.46. The first-order chi connectivity index (χ1) is 9.13. The molecule has 104 valence electrons. The summed E-state index contributed by atoms with van der Waals surface area (Å²) in [5, 5.41) is 12.5. The van der Waals surface area contributed by atoms with E-state index in [0.717, 1.165) is 25.1 Å². The van der Waals surface area contributed by atoms with E-state index in [4.69, 9.17) is 4.74 Å². The number of aryl methyl sites for hydroxylation is 1. The molecule has 0 heterocycles. The molecule has 0 spiro atoms. The van der Waals surface area contributed by atoms with Gasteiger partial charge in [0, 0.05) is 6.42 Å². The van der Waals surface area contributed by atoms with Crippen molar-refractivity contribution < 1.29 is 4.74 Å². The molecular formula is C16H24N2O. The smallest absolute Gasteiger partial charge is 0.119 e. The fourth-order valence-electron chi connectivity index (χ4n) is 1.78. The van der Waals surface area contributed by atoms with Gasteiger partial charge in [0.05, 0.1) is 12.7 Å². The summed E-state index contributed by atoms with van der Waals surface area (Å²) in [6.45, 7) is 7.55. The van der Waals surface area contributed by atoms with Crippen molar-refractivity contribution in [1.82, 2.24) is 5.32 Å². The Morgan fingerprint density at radius 1 is 1.26 bits per heavy atom. The van der Waals surface area contributed by atoms with Crippen LogP contribution in [-0.4, -0.2) is 18.7 Å². The summed E-state index contributed by atoms with van der Waals surface area (Å²) in [5.41, 5.74) is 0.804. The number of benzene rings is 1. The molecule has 1 atom stereocenters. The van der Waals surface area contributed by atoms with Gasteiger partial charge in [-0.05, 0) is 44.0 Å². The number of nitriles is 1. The molecule has 1 aromatic rings. The Morgan fingerprint density at radius 3 is 2.47 bits per heavy atom. The molecule has 0 amide bonds. The van der Waals surface area contributed by atoms with E-state index in [1.807, 2.05) is 19.1 Å². The maximum absolute atomic E-state index is 9.21. The fraction of sp³-hybridized carbons (Fsp3) is 0.562. The maximum Gasteiger partial charge on any atom is 0.119 e. The van der Waals surface area contributed by atoms with E-state index in [9.17, 15) is 5.26 Å². The van der Waals surface area contributed by atoms with E-state index in [-0.39, 0.29) is 0 Å². The number of nitrogens with zero attached hydrogens (tertiary/aromatic N) is 1. The molecule has 0 saturated heterocycles. The Bertz CT molecular complexity index is 408. The number of hydrogen-bond donors (Lipinski definition) is 1. The molecule has 1 aromatic carbocycles. The van der Waals surface area contributed by atoms with Crippen LogP contribution in [0.5, 0.6) is 5.75 Å².